The summed E-state index contributed by atoms with van der Waals surface area (Å²) in [5.41, 5.74) is 7.19. The van der Waals surface area contributed by atoms with Crippen molar-refractivity contribution < 1.29 is 9.66 Å². The zero-order valence-corrected chi connectivity index (χ0v) is 9.66. The zero-order valence-electron chi connectivity index (χ0n) is 9.66. The number of nitrogen functional groups attached to an aromatic ring is 1. The highest BCUT2D eigenvalue weighted by atomic mass is 16.6. The van der Waals surface area contributed by atoms with Crippen LogP contribution in [0.25, 0.3) is 0 Å². The lowest BCUT2D eigenvalue weighted by Gasteiger charge is -2.06. The number of anilines is 1. The molecular weight excluding hydrogens is 234 g/mol. The predicted octanol–water partition coefficient (Wildman–Crippen LogP) is 2.67. The molecule has 1 heterocycles. The first-order valence-corrected chi connectivity index (χ1v) is 5.20. The number of hydrogen-bond acceptors (Lipinski definition) is 5. The van der Waals surface area contributed by atoms with Gasteiger partial charge in [-0.3, -0.25) is 10.1 Å². The number of ether oxygens (including phenoxy) is 1. The molecule has 0 atom stereocenters. The molecule has 0 fully saturated rings. The molecular formula is C12H11N3O3. The van der Waals surface area contributed by atoms with E-state index in [4.69, 9.17) is 10.5 Å². The van der Waals surface area contributed by atoms with E-state index < -0.39 is 4.92 Å². The predicted molar refractivity (Wildman–Crippen MR) is 66.6 cm³/mol. The fraction of sp³-hybridized carbons (Fsp3) is 0.0833. The standard InChI is InChI=1S/C12H11N3O3/c1-8-6-10(3-4-11(8)13)18-12-5-2-9(7-14-12)15(16)17/h2-7H,13H2,1H3. The van der Waals surface area contributed by atoms with Crippen molar-refractivity contribution in [2.75, 3.05) is 5.73 Å². The number of aromatic nitrogens is 1. The maximum absolute atomic E-state index is 10.5. The van der Waals surface area contributed by atoms with Gasteiger partial charge in [-0.25, -0.2) is 4.98 Å². The second-order valence-electron chi connectivity index (χ2n) is 3.73. The summed E-state index contributed by atoms with van der Waals surface area (Å²) in [4.78, 5) is 13.8. The van der Waals surface area contributed by atoms with E-state index in [1.807, 2.05) is 6.92 Å². The fourth-order valence-corrected chi connectivity index (χ4v) is 1.37. The first kappa shape index (κ1) is 11.8. The minimum atomic E-state index is -0.510. The van der Waals surface area contributed by atoms with Crippen molar-refractivity contribution in [3.05, 3.63) is 52.2 Å². The minimum Gasteiger partial charge on any atom is -0.439 e. The third-order valence-corrected chi connectivity index (χ3v) is 2.40. The van der Waals surface area contributed by atoms with Gasteiger partial charge < -0.3 is 10.5 Å². The van der Waals surface area contributed by atoms with Gasteiger partial charge in [-0.2, -0.15) is 0 Å². The molecule has 0 unspecified atom stereocenters. The highest BCUT2D eigenvalue weighted by molar-refractivity contribution is 5.50. The lowest BCUT2D eigenvalue weighted by molar-refractivity contribution is -0.385. The van der Waals surface area contributed by atoms with E-state index in [-0.39, 0.29) is 5.69 Å². The summed E-state index contributed by atoms with van der Waals surface area (Å²) in [6.07, 6.45) is 1.15. The molecule has 2 aromatic rings. The fourth-order valence-electron chi connectivity index (χ4n) is 1.37. The van der Waals surface area contributed by atoms with E-state index in [1.165, 1.54) is 12.1 Å². The van der Waals surface area contributed by atoms with Gasteiger partial charge in [0.25, 0.3) is 5.69 Å². The maximum Gasteiger partial charge on any atom is 0.287 e. The van der Waals surface area contributed by atoms with Crippen LogP contribution in [0.15, 0.2) is 36.5 Å². The first-order chi connectivity index (χ1) is 8.56. The Labute approximate surface area is 103 Å². The number of rotatable bonds is 3. The maximum atomic E-state index is 10.5. The summed E-state index contributed by atoms with van der Waals surface area (Å²) in [5, 5.41) is 10.5. The largest absolute Gasteiger partial charge is 0.439 e. The summed E-state index contributed by atoms with van der Waals surface area (Å²) >= 11 is 0. The van der Waals surface area contributed by atoms with E-state index in [0.29, 0.717) is 17.3 Å². The highest BCUT2D eigenvalue weighted by Crippen LogP contribution is 2.24. The molecule has 0 amide bonds. The van der Waals surface area contributed by atoms with Gasteiger partial charge in [0.05, 0.1) is 4.92 Å². The van der Waals surface area contributed by atoms with E-state index in [1.54, 1.807) is 18.2 Å². The quantitative estimate of drug-likeness (QED) is 0.510. The molecule has 1 aromatic carbocycles. The smallest absolute Gasteiger partial charge is 0.287 e. The lowest BCUT2D eigenvalue weighted by Crippen LogP contribution is -1.93. The van der Waals surface area contributed by atoms with Crippen LogP contribution < -0.4 is 10.5 Å². The van der Waals surface area contributed by atoms with Crippen molar-refractivity contribution in [3.8, 4) is 11.6 Å². The van der Waals surface area contributed by atoms with Crippen LogP contribution in [0, 0.1) is 17.0 Å². The molecule has 6 heteroatoms. The molecule has 2 N–H and O–H groups in total. The molecule has 1 aromatic heterocycles. The Bertz CT molecular complexity index is 582. The van der Waals surface area contributed by atoms with Crippen LogP contribution in [-0.2, 0) is 0 Å². The van der Waals surface area contributed by atoms with Gasteiger partial charge in [-0.15, -0.1) is 0 Å². The summed E-state index contributed by atoms with van der Waals surface area (Å²) < 4.78 is 5.46. The van der Waals surface area contributed by atoms with E-state index in [0.717, 1.165) is 11.8 Å². The summed E-state index contributed by atoms with van der Waals surface area (Å²) in [6, 6.07) is 8.01. The molecule has 0 aliphatic carbocycles. The minimum absolute atomic E-state index is 0.0733. The van der Waals surface area contributed by atoms with E-state index >= 15 is 0 Å². The van der Waals surface area contributed by atoms with Crippen molar-refractivity contribution >= 4 is 11.4 Å². The van der Waals surface area contributed by atoms with Gasteiger partial charge >= 0.3 is 0 Å². The Morgan fingerprint density at radius 3 is 2.67 bits per heavy atom. The molecule has 6 nitrogen and oxygen atoms in total. The highest BCUT2D eigenvalue weighted by Gasteiger charge is 2.06. The molecule has 0 saturated carbocycles. The molecule has 0 aliphatic rings. The second-order valence-corrected chi connectivity index (χ2v) is 3.73. The Morgan fingerprint density at radius 2 is 2.11 bits per heavy atom. The van der Waals surface area contributed by atoms with Gasteiger partial charge in [-0.05, 0) is 30.7 Å². The third-order valence-electron chi connectivity index (χ3n) is 2.40. The topological polar surface area (TPSA) is 91.3 Å². The second kappa shape index (κ2) is 4.70. The Hall–Kier alpha value is -2.63. The molecule has 0 spiro atoms. The normalized spacial score (nSPS) is 10.1. The number of nitrogens with zero attached hydrogens (tertiary/aromatic N) is 2. The Morgan fingerprint density at radius 1 is 1.33 bits per heavy atom. The van der Waals surface area contributed by atoms with Crippen LogP contribution in [0.2, 0.25) is 0 Å². The van der Waals surface area contributed by atoms with E-state index in [2.05, 4.69) is 4.98 Å². The average Bonchev–Trinajstić information content (AvgIpc) is 2.34. The van der Waals surface area contributed by atoms with Gasteiger partial charge in [-0.1, -0.05) is 0 Å². The van der Waals surface area contributed by atoms with Gasteiger partial charge in [0, 0.05) is 17.8 Å². The van der Waals surface area contributed by atoms with Crippen molar-refractivity contribution in [3.63, 3.8) is 0 Å². The van der Waals surface area contributed by atoms with Crippen molar-refractivity contribution in [1.29, 1.82) is 0 Å². The van der Waals surface area contributed by atoms with Crippen LogP contribution in [0.1, 0.15) is 5.56 Å². The molecule has 92 valence electrons. The Kier molecular flexibility index (Phi) is 3.09. The average molecular weight is 245 g/mol. The number of pyridine rings is 1. The van der Waals surface area contributed by atoms with Crippen molar-refractivity contribution in [1.82, 2.24) is 4.98 Å². The lowest BCUT2D eigenvalue weighted by atomic mass is 10.2. The van der Waals surface area contributed by atoms with Crippen LogP contribution in [0.5, 0.6) is 11.6 Å². The number of benzene rings is 1. The van der Waals surface area contributed by atoms with Crippen LogP contribution in [0.4, 0.5) is 11.4 Å². The monoisotopic (exact) mass is 245 g/mol. The van der Waals surface area contributed by atoms with E-state index in [9.17, 15) is 10.1 Å². The molecule has 18 heavy (non-hydrogen) atoms. The zero-order chi connectivity index (χ0) is 13.1. The summed E-state index contributed by atoms with van der Waals surface area (Å²) in [6.45, 7) is 1.87. The first-order valence-electron chi connectivity index (χ1n) is 5.20. The number of nitrogens with two attached hydrogens (primary N) is 1. The SMILES string of the molecule is Cc1cc(Oc2ccc([N+](=O)[O-])cn2)ccc1N. The van der Waals surface area contributed by atoms with Crippen molar-refractivity contribution in [2.45, 2.75) is 6.92 Å². The van der Waals surface area contributed by atoms with Crippen LogP contribution in [0.3, 0.4) is 0 Å². The number of nitro groups is 1. The van der Waals surface area contributed by atoms with Crippen LogP contribution in [-0.4, -0.2) is 9.91 Å². The molecule has 2 rings (SSSR count). The molecule has 0 radical (unpaired) electrons. The third kappa shape index (κ3) is 2.54. The molecule has 0 saturated heterocycles. The number of aryl methyl sites for hydroxylation is 1. The molecule has 0 aliphatic heterocycles. The molecule has 0 bridgehead atoms. The van der Waals surface area contributed by atoms with Gasteiger partial charge in [0.2, 0.25) is 5.88 Å². The Balaban J connectivity index is 2.18. The summed E-state index contributed by atoms with van der Waals surface area (Å²) in [5.74, 6) is 0.882. The number of hydrogen-bond donors (Lipinski definition) is 1. The summed E-state index contributed by atoms with van der Waals surface area (Å²) in [7, 11) is 0. The van der Waals surface area contributed by atoms with Crippen LogP contribution >= 0.6 is 0 Å². The van der Waals surface area contributed by atoms with Gasteiger partial charge in [0.15, 0.2) is 0 Å². The van der Waals surface area contributed by atoms with Crippen molar-refractivity contribution in [2.24, 2.45) is 0 Å². The van der Waals surface area contributed by atoms with Gasteiger partial charge in [0.1, 0.15) is 11.9 Å².